The molecule has 1 atom stereocenters. The number of alkyl halides is 3. The minimum atomic E-state index is -5.17. The summed E-state index contributed by atoms with van der Waals surface area (Å²) in [4.78, 5) is 16.8. The molecule has 4 aromatic rings. The molecular formula is C22H15F4N3O2. The van der Waals surface area contributed by atoms with Crippen molar-refractivity contribution >= 4 is 22.5 Å². The van der Waals surface area contributed by atoms with Crippen molar-refractivity contribution in [1.29, 1.82) is 0 Å². The first-order valence-corrected chi connectivity index (χ1v) is 9.14. The van der Waals surface area contributed by atoms with Crippen LogP contribution in [0, 0.1) is 5.82 Å². The first-order chi connectivity index (χ1) is 14.8. The molecule has 0 fully saturated rings. The van der Waals surface area contributed by atoms with Crippen LogP contribution < -0.4 is 10.7 Å². The molecule has 9 heteroatoms. The molecule has 2 N–H and O–H groups in total. The molecule has 0 amide bonds. The van der Waals surface area contributed by atoms with Gasteiger partial charge in [0.1, 0.15) is 11.6 Å². The molecule has 0 bridgehead atoms. The minimum Gasteiger partial charge on any atom is -0.379 e. The second-order valence-electron chi connectivity index (χ2n) is 6.72. The molecule has 2 aromatic carbocycles. The number of para-hydroxylation sites is 2. The van der Waals surface area contributed by atoms with Gasteiger partial charge in [-0.2, -0.15) is 13.2 Å². The highest BCUT2D eigenvalue weighted by atomic mass is 19.4. The molecule has 31 heavy (non-hydrogen) atoms. The zero-order valence-corrected chi connectivity index (χ0v) is 15.8. The van der Waals surface area contributed by atoms with E-state index in [9.17, 15) is 27.5 Å². The van der Waals surface area contributed by atoms with Gasteiger partial charge in [-0.15, -0.1) is 0 Å². The molecule has 158 valence electrons. The molecule has 0 radical (unpaired) electrons. The van der Waals surface area contributed by atoms with Crippen molar-refractivity contribution in [1.82, 2.24) is 9.55 Å². The van der Waals surface area contributed by atoms with E-state index in [2.05, 4.69) is 10.3 Å². The number of aromatic nitrogens is 2. The highest BCUT2D eigenvalue weighted by molar-refractivity contribution is 5.84. The van der Waals surface area contributed by atoms with Crippen LogP contribution in [-0.4, -0.2) is 20.8 Å². The molecule has 5 nitrogen and oxygen atoms in total. The number of fused-ring (bicyclic) bond motifs is 1. The quantitative estimate of drug-likeness (QED) is 0.455. The zero-order valence-electron chi connectivity index (χ0n) is 15.8. The van der Waals surface area contributed by atoms with Crippen LogP contribution in [0.15, 0.2) is 77.7 Å². The summed E-state index contributed by atoms with van der Waals surface area (Å²) in [5.74, 6) is -1.21. The van der Waals surface area contributed by atoms with Gasteiger partial charge in [0.25, 0.3) is 0 Å². The lowest BCUT2D eigenvalue weighted by atomic mass is 10.0. The van der Waals surface area contributed by atoms with Gasteiger partial charge >= 0.3 is 6.18 Å². The predicted molar refractivity (Wildman–Crippen MR) is 108 cm³/mol. The van der Waals surface area contributed by atoms with Crippen molar-refractivity contribution in [3.05, 3.63) is 94.5 Å². The Bertz CT molecular complexity index is 1290. The standard InChI is InChI=1S/C22H15F4N3O2/c23-15-12-27-21-19(18(15)20(31)22(24,25)26)16(30)11-17(28-13-7-3-1-4-8-13)29(21)14-9-5-2-6-10-14/h1-12,20,28,31H. The summed E-state index contributed by atoms with van der Waals surface area (Å²) in [6, 6.07) is 18.3. The third-order valence-corrected chi connectivity index (χ3v) is 4.66. The van der Waals surface area contributed by atoms with Gasteiger partial charge in [0.2, 0.25) is 0 Å². The lowest BCUT2D eigenvalue weighted by Crippen LogP contribution is -2.24. The van der Waals surface area contributed by atoms with Crippen LogP contribution in [-0.2, 0) is 0 Å². The second kappa shape index (κ2) is 7.84. The molecule has 0 saturated carbocycles. The van der Waals surface area contributed by atoms with E-state index < -0.39 is 34.5 Å². The van der Waals surface area contributed by atoms with Crippen LogP contribution in [0.4, 0.5) is 29.1 Å². The van der Waals surface area contributed by atoms with Crippen LogP contribution >= 0.6 is 0 Å². The van der Waals surface area contributed by atoms with Crippen LogP contribution in [0.3, 0.4) is 0 Å². The average molecular weight is 429 g/mol. The normalized spacial score (nSPS) is 12.7. The lowest BCUT2D eigenvalue weighted by molar-refractivity contribution is -0.207. The number of nitrogens with one attached hydrogen (secondary N) is 1. The largest absolute Gasteiger partial charge is 0.418 e. The van der Waals surface area contributed by atoms with Gasteiger partial charge in [0.15, 0.2) is 17.2 Å². The Morgan fingerprint density at radius 2 is 1.61 bits per heavy atom. The first-order valence-electron chi connectivity index (χ1n) is 9.14. The minimum absolute atomic E-state index is 0.210. The van der Waals surface area contributed by atoms with E-state index in [1.54, 1.807) is 60.7 Å². The van der Waals surface area contributed by atoms with E-state index >= 15 is 0 Å². The number of anilines is 2. The predicted octanol–water partition coefficient (Wildman–Crippen LogP) is 4.86. The maximum Gasteiger partial charge on any atom is 0.418 e. The molecule has 1 unspecified atom stereocenters. The molecule has 0 spiro atoms. The van der Waals surface area contributed by atoms with Gasteiger partial charge in [-0.1, -0.05) is 36.4 Å². The monoisotopic (exact) mass is 429 g/mol. The molecular weight excluding hydrogens is 414 g/mol. The Labute approximate surface area is 173 Å². The molecule has 2 heterocycles. The Morgan fingerprint density at radius 3 is 2.23 bits per heavy atom. The van der Waals surface area contributed by atoms with Crippen LogP contribution in [0.2, 0.25) is 0 Å². The summed E-state index contributed by atoms with van der Waals surface area (Å²) < 4.78 is 55.4. The maximum atomic E-state index is 14.4. The van der Waals surface area contributed by atoms with Crippen molar-refractivity contribution in [3.63, 3.8) is 0 Å². The Kier molecular flexibility index (Phi) is 5.20. The average Bonchev–Trinajstić information content (AvgIpc) is 2.74. The number of benzene rings is 2. The highest BCUT2D eigenvalue weighted by Crippen LogP contribution is 2.37. The Balaban J connectivity index is 2.07. The smallest absolute Gasteiger partial charge is 0.379 e. The number of hydrogen-bond donors (Lipinski definition) is 2. The number of halogens is 4. The number of rotatable bonds is 4. The number of hydrogen-bond acceptors (Lipinski definition) is 4. The molecule has 0 aliphatic rings. The van der Waals surface area contributed by atoms with Crippen molar-refractivity contribution in [3.8, 4) is 5.69 Å². The van der Waals surface area contributed by atoms with Gasteiger partial charge in [-0.25, -0.2) is 9.37 Å². The molecule has 0 aliphatic heterocycles. The van der Waals surface area contributed by atoms with Gasteiger partial charge in [0, 0.05) is 23.0 Å². The topological polar surface area (TPSA) is 67.2 Å². The molecule has 2 aromatic heterocycles. The van der Waals surface area contributed by atoms with E-state index in [4.69, 9.17) is 0 Å². The van der Waals surface area contributed by atoms with Crippen molar-refractivity contribution in [2.45, 2.75) is 12.3 Å². The van der Waals surface area contributed by atoms with Crippen LogP contribution in [0.1, 0.15) is 11.7 Å². The Hall–Kier alpha value is -3.72. The molecule has 4 rings (SSSR count). The van der Waals surface area contributed by atoms with Crippen LogP contribution in [0.25, 0.3) is 16.7 Å². The molecule has 0 aliphatic carbocycles. The third kappa shape index (κ3) is 3.87. The third-order valence-electron chi connectivity index (χ3n) is 4.66. The summed E-state index contributed by atoms with van der Waals surface area (Å²) in [5.41, 5.74) is -1.21. The van der Waals surface area contributed by atoms with E-state index in [0.717, 1.165) is 6.07 Å². The van der Waals surface area contributed by atoms with Gasteiger partial charge in [-0.05, 0) is 24.3 Å². The SMILES string of the molecule is O=c1cc(Nc2ccccc2)n(-c2ccccc2)c2ncc(F)c(C(O)C(F)(F)F)c12. The number of nitrogens with zero attached hydrogens (tertiary/aromatic N) is 2. The number of aliphatic hydroxyl groups is 1. The summed E-state index contributed by atoms with van der Waals surface area (Å²) >= 11 is 0. The summed E-state index contributed by atoms with van der Waals surface area (Å²) in [6.07, 6.45) is -7.78. The van der Waals surface area contributed by atoms with Crippen molar-refractivity contribution in [2.24, 2.45) is 0 Å². The van der Waals surface area contributed by atoms with E-state index in [-0.39, 0.29) is 11.5 Å². The fourth-order valence-corrected chi connectivity index (χ4v) is 3.31. The van der Waals surface area contributed by atoms with Crippen molar-refractivity contribution in [2.75, 3.05) is 5.32 Å². The van der Waals surface area contributed by atoms with Gasteiger partial charge < -0.3 is 10.4 Å². The van der Waals surface area contributed by atoms with E-state index in [0.29, 0.717) is 17.6 Å². The lowest BCUT2D eigenvalue weighted by Gasteiger charge is -2.21. The number of aliphatic hydroxyl groups excluding tert-OH is 1. The number of pyridine rings is 2. The second-order valence-corrected chi connectivity index (χ2v) is 6.72. The van der Waals surface area contributed by atoms with Crippen molar-refractivity contribution < 1.29 is 22.7 Å². The summed E-state index contributed by atoms with van der Waals surface area (Å²) in [7, 11) is 0. The summed E-state index contributed by atoms with van der Waals surface area (Å²) in [5, 5.41) is 12.2. The maximum absolute atomic E-state index is 14.4. The van der Waals surface area contributed by atoms with E-state index in [1.165, 1.54) is 4.57 Å². The fourth-order valence-electron chi connectivity index (χ4n) is 3.31. The van der Waals surface area contributed by atoms with Crippen LogP contribution in [0.5, 0.6) is 0 Å². The van der Waals surface area contributed by atoms with E-state index in [1.807, 2.05) is 0 Å². The summed E-state index contributed by atoms with van der Waals surface area (Å²) in [6.45, 7) is 0. The van der Waals surface area contributed by atoms with Gasteiger partial charge in [-0.3, -0.25) is 9.36 Å². The Morgan fingerprint density at radius 1 is 1.00 bits per heavy atom. The highest BCUT2D eigenvalue weighted by Gasteiger charge is 2.42. The fraction of sp³-hybridized carbons (Fsp3) is 0.0909. The zero-order chi connectivity index (χ0) is 22.2. The first kappa shape index (κ1) is 20.5. The van der Waals surface area contributed by atoms with Gasteiger partial charge in [0.05, 0.1) is 11.6 Å². The molecule has 0 saturated heterocycles.